The molecular weight excluding hydrogens is 1220 g/mol. The van der Waals surface area contributed by atoms with E-state index in [-0.39, 0.29) is 0 Å². The van der Waals surface area contributed by atoms with Gasteiger partial charge < -0.3 is 19.9 Å². The van der Waals surface area contributed by atoms with E-state index >= 15 is 0 Å². The van der Waals surface area contributed by atoms with Crippen molar-refractivity contribution in [3.8, 4) is 0 Å². The summed E-state index contributed by atoms with van der Waals surface area (Å²) in [6.07, 6.45) is 13.3. The molecule has 8 nitrogen and oxygen atoms in total. The highest BCUT2D eigenvalue weighted by atomic mass is 14.9. The van der Waals surface area contributed by atoms with Gasteiger partial charge in [0.15, 0.2) is 0 Å². The molecule has 0 aliphatic carbocycles. The van der Waals surface area contributed by atoms with Crippen molar-refractivity contribution < 1.29 is 0 Å². The Bertz CT molecular complexity index is 5080. The molecular formula is C92H104N8. The fraction of sp³-hybridized carbons (Fsp3) is 0.348. The molecule has 8 aromatic rings. The van der Waals surface area contributed by atoms with Crippen LogP contribution in [0.3, 0.4) is 0 Å². The Morgan fingerprint density at radius 3 is 0.580 bits per heavy atom. The number of rotatable bonds is 20. The summed E-state index contributed by atoms with van der Waals surface area (Å²) in [5.41, 5.74) is 38.4. The third-order valence-electron chi connectivity index (χ3n) is 22.3. The predicted molar refractivity (Wildman–Crippen MR) is 423 cm³/mol. The summed E-state index contributed by atoms with van der Waals surface area (Å²) >= 11 is 0. The van der Waals surface area contributed by atoms with Gasteiger partial charge in [0.25, 0.3) is 0 Å². The van der Waals surface area contributed by atoms with Gasteiger partial charge in [0.05, 0.1) is 88.4 Å². The van der Waals surface area contributed by atoms with Crippen LogP contribution in [0.25, 0.3) is 33.7 Å². The first-order chi connectivity index (χ1) is 49.0. The fourth-order valence-electron chi connectivity index (χ4n) is 17.9. The van der Waals surface area contributed by atoms with Crippen LogP contribution < -0.4 is 32.1 Å². The Labute approximate surface area is 593 Å². The van der Waals surface area contributed by atoms with Crippen LogP contribution in [0.4, 0.5) is 0 Å². The van der Waals surface area contributed by atoms with E-state index in [9.17, 15) is 0 Å². The van der Waals surface area contributed by atoms with E-state index in [1.165, 1.54) is 89.1 Å². The highest BCUT2D eigenvalue weighted by molar-refractivity contribution is 6.37. The van der Waals surface area contributed by atoms with E-state index in [1.54, 1.807) is 0 Å². The van der Waals surface area contributed by atoms with E-state index in [4.69, 9.17) is 20.0 Å². The number of nitrogens with zero attached hydrogens (tertiary/aromatic N) is 4. The largest absolute Gasteiger partial charge is 0.353 e. The zero-order valence-corrected chi connectivity index (χ0v) is 62.6. The van der Waals surface area contributed by atoms with Gasteiger partial charge in [-0.15, -0.1) is 0 Å². The lowest BCUT2D eigenvalue weighted by atomic mass is 9.89. The summed E-state index contributed by atoms with van der Waals surface area (Å²) in [4.78, 5) is 41.9. The summed E-state index contributed by atoms with van der Waals surface area (Å²) in [7, 11) is 0. The van der Waals surface area contributed by atoms with Crippen LogP contribution >= 0.6 is 0 Å². The molecule has 100 heavy (non-hydrogen) atoms. The predicted octanol–water partition coefficient (Wildman–Crippen LogP) is 17.7. The van der Waals surface area contributed by atoms with E-state index in [0.717, 1.165) is 236 Å². The number of H-pyrrole nitrogens is 4. The smallest absolute Gasteiger partial charge is 0.0932 e. The van der Waals surface area contributed by atoms with Gasteiger partial charge in [-0.1, -0.05) is 232 Å². The van der Waals surface area contributed by atoms with Gasteiger partial charge in [-0.3, -0.25) is 0 Å². The van der Waals surface area contributed by atoms with Crippen molar-refractivity contribution >= 4 is 56.5 Å². The molecule has 0 spiro atoms. The fourth-order valence-corrected chi connectivity index (χ4v) is 17.9. The topological polar surface area (TPSA) is 113 Å². The van der Waals surface area contributed by atoms with Gasteiger partial charge in [0.2, 0.25) is 0 Å². The molecule has 0 unspecified atom stereocenters. The first-order valence-electron chi connectivity index (χ1n) is 38.4. The number of aromatic nitrogens is 4. The molecule has 4 N–H and O–H groups in total. The number of hydrogen-bond acceptors (Lipinski definition) is 4. The average Bonchev–Trinajstić information content (AvgIpc) is 1.58. The van der Waals surface area contributed by atoms with Crippen LogP contribution in [-0.2, 0) is 51.4 Å². The molecule has 16 bridgehead atoms. The summed E-state index contributed by atoms with van der Waals surface area (Å²) in [5.74, 6) is 0. The highest BCUT2D eigenvalue weighted by Crippen LogP contribution is 2.44. The lowest BCUT2D eigenvalue weighted by Gasteiger charge is -2.12. The molecule has 0 saturated carbocycles. The van der Waals surface area contributed by atoms with Gasteiger partial charge in [-0.05, 0) is 214 Å². The molecule has 0 saturated heterocycles. The first-order valence-corrected chi connectivity index (χ1v) is 38.4. The summed E-state index contributed by atoms with van der Waals surface area (Å²) in [5, 5.41) is 9.11. The van der Waals surface area contributed by atoms with E-state index < -0.39 is 0 Å². The van der Waals surface area contributed by atoms with Crippen molar-refractivity contribution in [2.24, 2.45) is 20.0 Å². The number of nitrogens with one attached hydrogen (secondary N) is 4. The molecule has 5 aliphatic heterocycles. The van der Waals surface area contributed by atoms with Crippen LogP contribution in [0, 0.1) is 10.7 Å². The SMILES string of the molecule is CCC1=C(CC)C2=C3N=C(C(CC)=C3CC)C(c3ccccc3)=c3[nH]c(c(CC)c3CC)=C3N=C(C(CC)=C3CC)C(c3ccccc3)=c3[nH]c(c(CC)c3CC)=c3[nH]c(c(CC)c3CC)=C(c3ccccc3)C3=NC(=c4[nH]c(c(CC)c4CC)=C(c4ccccc4)C1=N2)C(CC)=C3CC. The minimum absolute atomic E-state index is 0.816. The van der Waals surface area contributed by atoms with Crippen LogP contribution in [0.2, 0.25) is 0 Å². The molecule has 9 heterocycles. The minimum atomic E-state index is 0.816. The van der Waals surface area contributed by atoms with Crippen molar-refractivity contribution in [1.82, 2.24) is 19.9 Å². The third-order valence-corrected chi connectivity index (χ3v) is 22.3. The maximum Gasteiger partial charge on any atom is 0.0932 e. The van der Waals surface area contributed by atoms with E-state index in [2.05, 4.69) is 252 Å². The third kappa shape index (κ3) is 11.2. The Morgan fingerprint density at radius 1 is 0.190 bits per heavy atom. The highest BCUT2D eigenvalue weighted by Gasteiger charge is 2.37. The molecule has 0 atom stereocenters. The average molecular weight is 1320 g/mol. The molecule has 4 aromatic carbocycles. The van der Waals surface area contributed by atoms with Crippen molar-refractivity contribution in [3.05, 3.63) is 287 Å². The lowest BCUT2D eigenvalue weighted by Crippen LogP contribution is -2.22. The second-order valence-electron chi connectivity index (χ2n) is 27.0. The van der Waals surface area contributed by atoms with Gasteiger partial charge in [-0.25, -0.2) is 20.0 Å². The molecule has 4 aromatic heterocycles. The summed E-state index contributed by atoms with van der Waals surface area (Å²) in [6.45, 7) is 37.4. The maximum atomic E-state index is 6.15. The Morgan fingerprint density at radius 2 is 0.370 bits per heavy atom. The summed E-state index contributed by atoms with van der Waals surface area (Å²) < 4.78 is 0. The van der Waals surface area contributed by atoms with Crippen molar-refractivity contribution in [2.75, 3.05) is 0 Å². The quantitative estimate of drug-likeness (QED) is 0.0583. The molecule has 13 rings (SSSR count). The van der Waals surface area contributed by atoms with Gasteiger partial charge >= 0.3 is 0 Å². The maximum absolute atomic E-state index is 6.15. The van der Waals surface area contributed by atoms with Gasteiger partial charge in [0, 0.05) is 22.3 Å². The van der Waals surface area contributed by atoms with E-state index in [1.807, 2.05) is 0 Å². The monoisotopic (exact) mass is 1320 g/mol. The van der Waals surface area contributed by atoms with Crippen LogP contribution in [0.1, 0.15) is 229 Å². The molecule has 0 amide bonds. The number of aromatic amines is 4. The van der Waals surface area contributed by atoms with Crippen molar-refractivity contribution in [2.45, 2.75) is 214 Å². The molecule has 0 radical (unpaired) electrons. The van der Waals surface area contributed by atoms with Crippen molar-refractivity contribution in [3.63, 3.8) is 0 Å². The first kappa shape index (κ1) is 69.1. The van der Waals surface area contributed by atoms with E-state index in [0.29, 0.717) is 0 Å². The second-order valence-corrected chi connectivity index (χ2v) is 27.0. The Hall–Kier alpha value is -9.40. The standard InChI is InChI=1S/C92H104N8/c1-17-57-65(25-9)85-86-66(26-10)59(19-3)79(95-86)74(54-47-39-34-40-48-54)80-61(21-5)69(29-13)89(97-80)90-70(30-14)63(23-7)83(99-90)76(56-51-43-36-44-52-56)84-64(24-8)72(32-16)92(100-84)91-71(31-15)62(22-6)82(98-91)75(55-49-41-35-42-50-55)81-60(20-4)68(28-12)88(96-81)87-67(27-11)58(18-2)78(94-87)73(77(57)93-85)53-45-37-33-38-46-53/h33-52,93,95-96,99H,17-32H2,1-16H3. The number of aliphatic imine (C=N–C) groups is 4. The number of allylic oxidation sites excluding steroid dienone is 6. The van der Waals surface area contributed by atoms with Crippen LogP contribution in [0.5, 0.6) is 0 Å². The van der Waals surface area contributed by atoms with Crippen LogP contribution in [0.15, 0.2) is 197 Å². The second kappa shape index (κ2) is 29.4. The van der Waals surface area contributed by atoms with Gasteiger partial charge in [0.1, 0.15) is 0 Å². The number of benzene rings is 4. The normalized spacial score (nSPS) is 15.8. The minimum Gasteiger partial charge on any atom is -0.353 e. The van der Waals surface area contributed by atoms with Gasteiger partial charge in [-0.2, -0.15) is 0 Å². The number of fused-ring (bicyclic) bond motifs is 12. The molecule has 8 heteroatoms. The number of hydrogen-bond donors (Lipinski definition) is 4. The molecule has 512 valence electrons. The van der Waals surface area contributed by atoms with Crippen LogP contribution in [-0.4, -0.2) is 42.8 Å². The molecule has 0 fully saturated rings. The molecule has 5 aliphatic rings. The van der Waals surface area contributed by atoms with Crippen molar-refractivity contribution in [1.29, 1.82) is 0 Å². The zero-order valence-electron chi connectivity index (χ0n) is 62.6. The Kier molecular flexibility index (Phi) is 20.3. The Balaban J connectivity index is 1.33. The lowest BCUT2D eigenvalue weighted by molar-refractivity contribution is 1.01. The summed E-state index contributed by atoms with van der Waals surface area (Å²) in [6, 6.07) is 44.5. The zero-order chi connectivity index (χ0) is 70.2.